The maximum Gasteiger partial charge on any atom is 0.415 e. The lowest BCUT2D eigenvalue weighted by atomic mass is 9.52. The van der Waals surface area contributed by atoms with Crippen LogP contribution < -0.4 is 31.6 Å². The summed E-state index contributed by atoms with van der Waals surface area (Å²) in [5.74, 6) is 0.658. The lowest BCUT2D eigenvalue weighted by Crippen LogP contribution is -2.65. The summed E-state index contributed by atoms with van der Waals surface area (Å²) in [6.07, 6.45) is 3.05. The van der Waals surface area contributed by atoms with Crippen LogP contribution in [0.15, 0.2) is 17.1 Å². The first-order valence-electron chi connectivity index (χ1n) is 15.2. The number of amides is 3. The number of benzene rings is 1. The third-order valence-electron chi connectivity index (χ3n) is 9.54. The van der Waals surface area contributed by atoms with E-state index in [1.165, 1.54) is 10.5 Å². The number of ether oxygens (including phenoxy) is 2. The molecule has 13 heteroatoms. The van der Waals surface area contributed by atoms with Crippen molar-refractivity contribution in [1.82, 2.24) is 20.4 Å². The molecule has 3 amide bonds. The zero-order valence-electron chi connectivity index (χ0n) is 25.2. The third kappa shape index (κ3) is 5.74. The van der Waals surface area contributed by atoms with Gasteiger partial charge in [0.25, 0.3) is 0 Å². The molecule has 1 aromatic rings. The van der Waals surface area contributed by atoms with Crippen molar-refractivity contribution in [3.8, 4) is 11.5 Å². The van der Waals surface area contributed by atoms with E-state index in [1.54, 1.807) is 20.0 Å². The first-order chi connectivity index (χ1) is 20.6. The van der Waals surface area contributed by atoms with Crippen molar-refractivity contribution in [2.75, 3.05) is 40.3 Å². The molecular formula is C30H43N7O6. The standard InChI is InChI=1S/C30H43N7O6/c1-4-23(39)35-19(6-5-12-34-28(31)32)27(40)33-13-15-37(3)29(41)42-22-10-7-17-16-20-18-8-9-21(38)26-30(18,11-14-36(20)2)24(17)25(22)43-26/h7,10,18-20,26H,4-6,8-9,11-16H2,1-3H3,(H,33,40)(H,35,39)(H4,31,32,34)/t18?,19-,20+,26?,30-/m0/s1. The highest BCUT2D eigenvalue weighted by Gasteiger charge is 2.65. The molecule has 2 unspecified atom stereocenters. The molecule has 5 atom stereocenters. The first-order valence-corrected chi connectivity index (χ1v) is 15.2. The number of carbonyl (C=O) groups excluding carboxylic acids is 4. The monoisotopic (exact) mass is 597 g/mol. The summed E-state index contributed by atoms with van der Waals surface area (Å²) in [6, 6.07) is 3.40. The van der Waals surface area contributed by atoms with Crippen LogP contribution in [0.1, 0.15) is 56.6 Å². The van der Waals surface area contributed by atoms with Gasteiger partial charge in [0.1, 0.15) is 6.04 Å². The fourth-order valence-corrected chi connectivity index (χ4v) is 7.39. The molecule has 13 nitrogen and oxygen atoms in total. The number of rotatable bonds is 11. The van der Waals surface area contributed by atoms with Crippen LogP contribution in [0.4, 0.5) is 4.79 Å². The molecule has 1 saturated heterocycles. The number of nitrogens with one attached hydrogen (secondary N) is 2. The van der Waals surface area contributed by atoms with Gasteiger partial charge < -0.3 is 41.4 Å². The molecule has 234 valence electrons. The van der Waals surface area contributed by atoms with Gasteiger partial charge in [-0.05, 0) is 63.2 Å². The van der Waals surface area contributed by atoms with E-state index >= 15 is 0 Å². The molecule has 2 aliphatic heterocycles. The Morgan fingerprint density at radius 3 is 2.84 bits per heavy atom. The molecule has 2 heterocycles. The average Bonchev–Trinajstić information content (AvgIpc) is 3.34. The average molecular weight is 598 g/mol. The summed E-state index contributed by atoms with van der Waals surface area (Å²) in [6.45, 7) is 3.27. The van der Waals surface area contributed by atoms with E-state index in [2.05, 4.69) is 27.6 Å². The van der Waals surface area contributed by atoms with Gasteiger partial charge in [0.05, 0.1) is 0 Å². The van der Waals surface area contributed by atoms with Gasteiger partial charge in [-0.1, -0.05) is 13.0 Å². The molecule has 5 rings (SSSR count). The Hall–Kier alpha value is -3.87. The van der Waals surface area contributed by atoms with E-state index in [-0.39, 0.29) is 48.5 Å². The van der Waals surface area contributed by atoms with Gasteiger partial charge >= 0.3 is 6.09 Å². The molecule has 2 fully saturated rings. The number of aliphatic imine (C=N–C) groups is 1. The van der Waals surface area contributed by atoms with Gasteiger partial charge in [-0.3, -0.25) is 19.4 Å². The van der Waals surface area contributed by atoms with Crippen LogP contribution in [0.25, 0.3) is 0 Å². The molecule has 6 N–H and O–H groups in total. The normalized spacial score (nSPS) is 25.6. The number of nitrogens with zero attached hydrogens (tertiary/aromatic N) is 3. The number of hydrogen-bond acceptors (Lipinski definition) is 8. The van der Waals surface area contributed by atoms with E-state index in [9.17, 15) is 19.2 Å². The fourth-order valence-electron chi connectivity index (χ4n) is 7.39. The summed E-state index contributed by atoms with van der Waals surface area (Å²) in [5, 5.41) is 5.50. The topological polar surface area (TPSA) is 182 Å². The van der Waals surface area contributed by atoms with Crippen LogP contribution in [0.3, 0.4) is 0 Å². The Morgan fingerprint density at radius 2 is 2.09 bits per heavy atom. The highest BCUT2D eigenvalue weighted by Crippen LogP contribution is 2.63. The summed E-state index contributed by atoms with van der Waals surface area (Å²) < 4.78 is 12.2. The minimum Gasteiger partial charge on any atom is -0.477 e. The smallest absolute Gasteiger partial charge is 0.415 e. The zero-order chi connectivity index (χ0) is 30.9. The second kappa shape index (κ2) is 12.4. The molecule has 0 radical (unpaired) electrons. The Morgan fingerprint density at radius 1 is 1.30 bits per heavy atom. The summed E-state index contributed by atoms with van der Waals surface area (Å²) in [4.78, 5) is 58.7. The number of Topliss-reactive ketones (excluding diaryl/α,β-unsaturated/α-hetero) is 1. The maximum atomic E-state index is 13.1. The second-order valence-electron chi connectivity index (χ2n) is 12.1. The minimum absolute atomic E-state index is 0.0321. The molecular weight excluding hydrogens is 554 g/mol. The van der Waals surface area contributed by atoms with Crippen molar-refractivity contribution >= 4 is 29.7 Å². The van der Waals surface area contributed by atoms with Gasteiger partial charge in [-0.2, -0.15) is 0 Å². The third-order valence-corrected chi connectivity index (χ3v) is 9.54. The number of guanidine groups is 1. The molecule has 1 saturated carbocycles. The number of carbonyl (C=O) groups is 4. The quantitative estimate of drug-likeness (QED) is 0.160. The van der Waals surface area contributed by atoms with Gasteiger partial charge in [-0.25, -0.2) is 4.79 Å². The van der Waals surface area contributed by atoms with Gasteiger partial charge in [0.2, 0.25) is 11.8 Å². The molecule has 1 aromatic carbocycles. The SMILES string of the molecule is CCC(=O)N[C@@H](CCCN=C(N)N)C(=O)NCCN(C)C(=O)Oc1ccc2c3c1OC1C(=O)CCC4[C@@H](C2)N(C)CC[C@]314. The molecule has 4 aliphatic rings. The first kappa shape index (κ1) is 30.6. The fraction of sp³-hybridized carbons (Fsp3) is 0.633. The van der Waals surface area contributed by atoms with E-state index in [1.807, 2.05) is 6.07 Å². The van der Waals surface area contributed by atoms with Gasteiger partial charge in [0, 0.05) is 56.5 Å². The zero-order valence-corrected chi connectivity index (χ0v) is 25.2. The van der Waals surface area contributed by atoms with Crippen molar-refractivity contribution in [2.45, 2.75) is 75.5 Å². The largest absolute Gasteiger partial charge is 0.477 e. The minimum atomic E-state index is -0.746. The van der Waals surface area contributed by atoms with Crippen LogP contribution in [-0.4, -0.2) is 97.9 Å². The maximum absolute atomic E-state index is 13.1. The highest BCUT2D eigenvalue weighted by molar-refractivity contribution is 5.89. The molecule has 2 bridgehead atoms. The van der Waals surface area contributed by atoms with Crippen molar-refractivity contribution in [1.29, 1.82) is 0 Å². The van der Waals surface area contributed by atoms with Crippen molar-refractivity contribution in [3.63, 3.8) is 0 Å². The second-order valence-corrected chi connectivity index (χ2v) is 12.1. The molecule has 0 aromatic heterocycles. The number of piperidine rings is 1. The van der Waals surface area contributed by atoms with E-state index in [4.69, 9.17) is 20.9 Å². The number of likely N-dealkylation sites (tertiary alicyclic amines) is 1. The number of likely N-dealkylation sites (N-methyl/N-ethyl adjacent to an activating group) is 2. The Kier molecular flexibility index (Phi) is 8.81. The number of ketones is 1. The van der Waals surface area contributed by atoms with Crippen molar-refractivity contribution in [3.05, 3.63) is 23.3 Å². The highest BCUT2D eigenvalue weighted by atomic mass is 16.6. The molecule has 1 spiro atoms. The summed E-state index contributed by atoms with van der Waals surface area (Å²) >= 11 is 0. The summed E-state index contributed by atoms with van der Waals surface area (Å²) in [7, 11) is 3.74. The van der Waals surface area contributed by atoms with Crippen LogP contribution in [0.5, 0.6) is 11.5 Å². The van der Waals surface area contributed by atoms with E-state index in [0.717, 1.165) is 31.4 Å². The predicted molar refractivity (Wildman–Crippen MR) is 159 cm³/mol. The lowest BCUT2D eigenvalue weighted by molar-refractivity contribution is -0.138. The van der Waals surface area contributed by atoms with Crippen LogP contribution >= 0.6 is 0 Å². The van der Waals surface area contributed by atoms with E-state index < -0.39 is 18.2 Å². The van der Waals surface area contributed by atoms with Crippen LogP contribution in [0, 0.1) is 5.92 Å². The molecule has 43 heavy (non-hydrogen) atoms. The van der Waals surface area contributed by atoms with Crippen LogP contribution in [0.2, 0.25) is 0 Å². The Bertz CT molecular complexity index is 1310. The number of nitrogens with two attached hydrogens (primary N) is 2. The van der Waals surface area contributed by atoms with Crippen molar-refractivity contribution < 1.29 is 28.7 Å². The predicted octanol–water partition coefficient (Wildman–Crippen LogP) is 0.420. The summed E-state index contributed by atoms with van der Waals surface area (Å²) in [5.41, 5.74) is 12.6. The van der Waals surface area contributed by atoms with Crippen LogP contribution in [-0.2, 0) is 26.2 Å². The van der Waals surface area contributed by atoms with Gasteiger partial charge in [0.15, 0.2) is 29.3 Å². The molecule has 2 aliphatic carbocycles. The van der Waals surface area contributed by atoms with Crippen molar-refractivity contribution in [2.24, 2.45) is 22.4 Å². The lowest BCUT2D eigenvalue weighted by Gasteiger charge is -2.57. The van der Waals surface area contributed by atoms with Gasteiger partial charge in [-0.15, -0.1) is 0 Å². The number of hydrogen-bond donors (Lipinski definition) is 4. The van der Waals surface area contributed by atoms with E-state index in [0.29, 0.717) is 49.3 Å². The Labute approximate surface area is 251 Å². The Balaban J connectivity index is 1.21.